The van der Waals surface area contributed by atoms with Crippen LogP contribution in [0, 0.1) is 0 Å². The van der Waals surface area contributed by atoms with Gasteiger partial charge in [0.15, 0.2) is 0 Å². The quantitative estimate of drug-likeness (QED) is 0.209. The molecule has 0 aliphatic carbocycles. The second-order valence-corrected chi connectivity index (χ2v) is 10.9. The van der Waals surface area contributed by atoms with Gasteiger partial charge in [-0.05, 0) is 0 Å². The molecule has 0 saturated heterocycles. The fourth-order valence-electron chi connectivity index (χ4n) is 4.61. The van der Waals surface area contributed by atoms with E-state index in [2.05, 4.69) is 0 Å². The number of hydrogen-bond donors (Lipinski definition) is 0. The van der Waals surface area contributed by atoms with Crippen LogP contribution < -0.4 is 46.8 Å². The number of methoxy groups -OCH3 is 8. The summed E-state index contributed by atoms with van der Waals surface area (Å²) >= 11 is -0.315. The molecule has 4 aromatic carbocycles. The Bertz CT molecular complexity index is 1370. The molecule has 0 aliphatic heterocycles. The van der Waals surface area contributed by atoms with Crippen molar-refractivity contribution in [2.45, 2.75) is 0 Å². The van der Waals surface area contributed by atoms with Gasteiger partial charge in [-0.1, -0.05) is 0 Å². The summed E-state index contributed by atoms with van der Waals surface area (Å²) in [6, 6.07) is 19.7. The van der Waals surface area contributed by atoms with Crippen LogP contribution in [-0.4, -0.2) is 71.8 Å². The van der Waals surface area contributed by atoms with E-state index < -0.39 is 0 Å². The Hall–Kier alpha value is -4.20. The Labute approximate surface area is 247 Å². The molecular weight excluding hydrogens is 591 g/mol. The molecule has 0 heterocycles. The fraction of sp³-hybridized carbons (Fsp3) is 0.250. The van der Waals surface area contributed by atoms with Gasteiger partial charge in [0.25, 0.3) is 0 Å². The first-order valence-electron chi connectivity index (χ1n) is 12.6. The van der Waals surface area contributed by atoms with Crippen LogP contribution in [0.5, 0.6) is 46.0 Å². The third-order valence-corrected chi connectivity index (χ3v) is 8.84. The van der Waals surface area contributed by atoms with Crippen molar-refractivity contribution in [3.05, 3.63) is 60.7 Å². The molecule has 9 heteroatoms. The van der Waals surface area contributed by atoms with Gasteiger partial charge < -0.3 is 0 Å². The van der Waals surface area contributed by atoms with E-state index in [1.54, 1.807) is 56.9 Å². The average molecular weight is 626 g/mol. The monoisotopic (exact) mass is 626 g/mol. The van der Waals surface area contributed by atoms with E-state index in [1.165, 1.54) is 0 Å². The van der Waals surface area contributed by atoms with Gasteiger partial charge in [-0.25, -0.2) is 0 Å². The predicted octanol–water partition coefficient (Wildman–Crippen LogP) is 4.74. The molecule has 8 nitrogen and oxygen atoms in total. The van der Waals surface area contributed by atoms with Gasteiger partial charge in [-0.2, -0.15) is 0 Å². The molecular formula is C32H34O8Se. The van der Waals surface area contributed by atoms with Crippen LogP contribution >= 0.6 is 0 Å². The molecule has 0 aliphatic rings. The van der Waals surface area contributed by atoms with E-state index >= 15 is 0 Å². The average Bonchev–Trinajstić information content (AvgIpc) is 3.03. The van der Waals surface area contributed by atoms with Crippen LogP contribution in [0.25, 0.3) is 22.3 Å². The normalized spacial score (nSPS) is 10.5. The minimum atomic E-state index is -0.315. The van der Waals surface area contributed by atoms with Crippen molar-refractivity contribution < 1.29 is 37.9 Å². The third-order valence-electron chi connectivity index (χ3n) is 6.56. The van der Waals surface area contributed by atoms with Gasteiger partial charge in [0.2, 0.25) is 0 Å². The summed E-state index contributed by atoms with van der Waals surface area (Å²) in [4.78, 5) is 0. The second-order valence-electron chi connectivity index (χ2n) is 8.60. The number of rotatable bonds is 12. The van der Waals surface area contributed by atoms with Gasteiger partial charge in [-0.15, -0.1) is 0 Å². The number of benzene rings is 4. The summed E-state index contributed by atoms with van der Waals surface area (Å²) in [5, 5.41) is 0. The van der Waals surface area contributed by atoms with E-state index in [-0.39, 0.29) is 15.0 Å². The van der Waals surface area contributed by atoms with E-state index in [9.17, 15) is 0 Å². The van der Waals surface area contributed by atoms with Crippen molar-refractivity contribution in [3.8, 4) is 68.2 Å². The van der Waals surface area contributed by atoms with E-state index in [0.717, 1.165) is 42.7 Å². The summed E-state index contributed by atoms with van der Waals surface area (Å²) in [5.74, 6) is 4.83. The summed E-state index contributed by atoms with van der Waals surface area (Å²) in [5.41, 5.74) is 3.67. The van der Waals surface area contributed by atoms with Crippen LogP contribution in [0.4, 0.5) is 0 Å². The van der Waals surface area contributed by atoms with Crippen LogP contribution in [-0.2, 0) is 0 Å². The molecule has 0 saturated carbocycles. The van der Waals surface area contributed by atoms with Crippen molar-refractivity contribution in [2.75, 3.05) is 56.9 Å². The molecule has 0 N–H and O–H groups in total. The molecule has 0 atom stereocenters. The van der Waals surface area contributed by atoms with Crippen LogP contribution in [0.2, 0.25) is 0 Å². The molecule has 4 rings (SSSR count). The summed E-state index contributed by atoms with van der Waals surface area (Å²) in [7, 11) is 13.0. The van der Waals surface area contributed by atoms with E-state index in [4.69, 9.17) is 37.9 Å². The summed E-state index contributed by atoms with van der Waals surface area (Å²) in [6.45, 7) is 0. The minimum absolute atomic E-state index is 0.315. The Morgan fingerprint density at radius 2 is 0.732 bits per heavy atom. The van der Waals surface area contributed by atoms with Crippen molar-refractivity contribution in [2.24, 2.45) is 0 Å². The molecule has 0 amide bonds. The first-order chi connectivity index (χ1) is 20.0. The Balaban J connectivity index is 2.04. The van der Waals surface area contributed by atoms with E-state index in [1.807, 2.05) is 60.7 Å². The predicted molar refractivity (Wildman–Crippen MR) is 161 cm³/mol. The second kappa shape index (κ2) is 13.4. The molecule has 216 valence electrons. The van der Waals surface area contributed by atoms with Gasteiger partial charge in [0.05, 0.1) is 0 Å². The number of ether oxygens (including phenoxy) is 8. The summed E-state index contributed by atoms with van der Waals surface area (Å²) in [6.07, 6.45) is 0. The van der Waals surface area contributed by atoms with Crippen molar-refractivity contribution in [1.82, 2.24) is 0 Å². The Kier molecular flexibility index (Phi) is 9.76. The SMILES string of the molecule is COc1ccc(-c2c([Se]c3cc(OC)c(OC)c(OC)c3-c3ccc(OC)cc3)cc(OC)c(OC)c2OC)cc1. The van der Waals surface area contributed by atoms with Crippen LogP contribution in [0.3, 0.4) is 0 Å². The standard InChI is InChI=1S/C32H34O8Se/c1-33-21-13-9-19(10-14-21)27-25(17-23(35-3)29(37-5)31(27)39-7)41-26-18-24(36-4)30(38-6)32(40-8)28(26)20-11-15-22(34-2)16-12-20/h9-18H,1-8H3. The zero-order chi connectivity index (χ0) is 29.5. The Morgan fingerprint density at radius 1 is 0.390 bits per heavy atom. The molecule has 0 bridgehead atoms. The molecule has 0 radical (unpaired) electrons. The van der Waals surface area contributed by atoms with Gasteiger partial charge in [-0.3, -0.25) is 0 Å². The zero-order valence-electron chi connectivity index (χ0n) is 24.4. The maximum absolute atomic E-state index is 5.96. The van der Waals surface area contributed by atoms with Crippen LogP contribution in [0.15, 0.2) is 60.7 Å². The third kappa shape index (κ3) is 5.82. The van der Waals surface area contributed by atoms with Crippen molar-refractivity contribution in [1.29, 1.82) is 0 Å². The maximum atomic E-state index is 5.96. The molecule has 41 heavy (non-hydrogen) atoms. The Morgan fingerprint density at radius 3 is 1.00 bits per heavy atom. The van der Waals surface area contributed by atoms with Crippen molar-refractivity contribution in [3.63, 3.8) is 0 Å². The summed E-state index contributed by atoms with van der Waals surface area (Å²) < 4.78 is 47.7. The molecule has 0 fully saturated rings. The topological polar surface area (TPSA) is 73.8 Å². The molecule has 4 aromatic rings. The molecule has 0 spiro atoms. The van der Waals surface area contributed by atoms with Crippen LogP contribution in [0.1, 0.15) is 0 Å². The first kappa shape index (κ1) is 29.8. The van der Waals surface area contributed by atoms with Gasteiger partial charge >= 0.3 is 248 Å². The van der Waals surface area contributed by atoms with Gasteiger partial charge in [0.1, 0.15) is 0 Å². The number of hydrogen-bond acceptors (Lipinski definition) is 8. The molecule has 0 unspecified atom stereocenters. The first-order valence-corrected chi connectivity index (χ1v) is 14.3. The fourth-order valence-corrected chi connectivity index (χ4v) is 7.11. The van der Waals surface area contributed by atoms with Gasteiger partial charge in [0, 0.05) is 0 Å². The van der Waals surface area contributed by atoms with E-state index in [0.29, 0.717) is 34.5 Å². The zero-order valence-corrected chi connectivity index (χ0v) is 26.2. The molecule has 0 aromatic heterocycles. The van der Waals surface area contributed by atoms with Crippen molar-refractivity contribution >= 4 is 23.9 Å².